The smallest absolute Gasteiger partial charge is 0.342 e. The van der Waals surface area contributed by atoms with Crippen LogP contribution in [0.3, 0.4) is 0 Å². The molecule has 6 nitrogen and oxygen atoms in total. The quantitative estimate of drug-likeness (QED) is 0.840. The number of piperidine rings is 1. The number of aromatic nitrogens is 3. The van der Waals surface area contributed by atoms with Gasteiger partial charge < -0.3 is 4.90 Å². The van der Waals surface area contributed by atoms with Crippen LogP contribution in [-0.4, -0.2) is 43.9 Å². The summed E-state index contributed by atoms with van der Waals surface area (Å²) in [6.07, 6.45) is 3.01. The van der Waals surface area contributed by atoms with Crippen molar-refractivity contribution in [1.82, 2.24) is 19.7 Å². The predicted octanol–water partition coefficient (Wildman–Crippen LogP) is 1.72. The Kier molecular flexibility index (Phi) is 5.50. The topological polar surface area (TPSA) is 71.0 Å². The summed E-state index contributed by atoms with van der Waals surface area (Å²) in [7, 11) is 0. The molecule has 0 aromatic carbocycles. The molecule has 1 aliphatic heterocycles. The maximum absolute atomic E-state index is 12.5. The van der Waals surface area contributed by atoms with Crippen LogP contribution < -0.4 is 5.69 Å². The Morgan fingerprint density at radius 1 is 1.48 bits per heavy atom. The zero-order valence-corrected chi connectivity index (χ0v) is 13.8. The van der Waals surface area contributed by atoms with Gasteiger partial charge in [0.15, 0.2) is 5.16 Å². The average Bonchev–Trinajstić information content (AvgIpc) is 2.81. The van der Waals surface area contributed by atoms with Crippen LogP contribution in [0.2, 0.25) is 0 Å². The highest BCUT2D eigenvalue weighted by atomic mass is 32.2. The van der Waals surface area contributed by atoms with E-state index in [9.17, 15) is 9.59 Å². The first kappa shape index (κ1) is 16.1. The molecular weight excluding hydrogens is 288 g/mol. The molecule has 1 amide bonds. The lowest BCUT2D eigenvalue weighted by Gasteiger charge is -2.31. The molecule has 2 heterocycles. The normalized spacial score (nSPS) is 18.0. The van der Waals surface area contributed by atoms with E-state index >= 15 is 0 Å². The van der Waals surface area contributed by atoms with Crippen LogP contribution in [0.4, 0.5) is 0 Å². The molecule has 1 fully saturated rings. The van der Waals surface area contributed by atoms with E-state index in [-0.39, 0.29) is 16.8 Å². The van der Waals surface area contributed by atoms with Gasteiger partial charge in [0, 0.05) is 19.6 Å². The molecule has 1 N–H and O–H groups in total. The number of amides is 1. The number of hydrogen-bond acceptors (Lipinski definition) is 4. The third kappa shape index (κ3) is 3.90. The largest absolute Gasteiger partial charge is 0.343 e. The zero-order valence-electron chi connectivity index (χ0n) is 13.0. The molecule has 0 radical (unpaired) electrons. The van der Waals surface area contributed by atoms with Crippen molar-refractivity contribution in [3.63, 3.8) is 0 Å². The molecule has 1 atom stereocenters. The minimum absolute atomic E-state index is 0.144. The van der Waals surface area contributed by atoms with Crippen molar-refractivity contribution < 1.29 is 4.79 Å². The molecule has 0 bridgehead atoms. The summed E-state index contributed by atoms with van der Waals surface area (Å²) in [6.45, 7) is 8.44. The van der Waals surface area contributed by atoms with Gasteiger partial charge in [-0.05, 0) is 32.1 Å². The number of H-pyrrole nitrogens is 1. The lowest BCUT2D eigenvalue weighted by Crippen LogP contribution is -2.41. The molecule has 21 heavy (non-hydrogen) atoms. The third-order valence-electron chi connectivity index (χ3n) is 3.90. The zero-order chi connectivity index (χ0) is 15.4. The van der Waals surface area contributed by atoms with Crippen molar-refractivity contribution in [2.24, 2.45) is 5.92 Å². The molecule has 1 aromatic rings. The average molecular weight is 312 g/mol. The van der Waals surface area contributed by atoms with Crippen molar-refractivity contribution in [1.29, 1.82) is 0 Å². The van der Waals surface area contributed by atoms with Gasteiger partial charge in [-0.1, -0.05) is 25.6 Å². The van der Waals surface area contributed by atoms with Crippen LogP contribution in [-0.2, 0) is 11.3 Å². The second-order valence-corrected chi connectivity index (χ2v) is 7.04. The number of rotatable bonds is 5. The van der Waals surface area contributed by atoms with Gasteiger partial charge in [0.2, 0.25) is 5.91 Å². The minimum Gasteiger partial charge on any atom is -0.342 e. The van der Waals surface area contributed by atoms with Gasteiger partial charge >= 0.3 is 5.69 Å². The minimum atomic E-state index is -0.218. The summed E-state index contributed by atoms with van der Waals surface area (Å²) in [5.74, 6) is 0.850. The Balaban J connectivity index is 1.99. The highest BCUT2D eigenvalue weighted by Crippen LogP contribution is 2.24. The number of aromatic amines is 1. The van der Waals surface area contributed by atoms with Gasteiger partial charge in [-0.25, -0.2) is 9.89 Å². The first-order valence-corrected chi connectivity index (χ1v) is 8.51. The SMILES string of the molecule is CCCn1c(S[C@H](C)C(=O)N2CCC(C)CC2)n[nH]c1=O. The van der Waals surface area contributed by atoms with E-state index in [0.29, 0.717) is 17.6 Å². The number of nitrogens with one attached hydrogen (secondary N) is 1. The lowest BCUT2D eigenvalue weighted by atomic mass is 9.99. The molecule has 1 aromatic heterocycles. The maximum Gasteiger partial charge on any atom is 0.343 e. The predicted molar refractivity (Wildman–Crippen MR) is 83.4 cm³/mol. The molecule has 0 saturated carbocycles. The monoisotopic (exact) mass is 312 g/mol. The number of carbonyl (C=O) groups excluding carboxylic acids is 1. The Bertz CT molecular complexity index is 531. The second-order valence-electron chi connectivity index (χ2n) is 5.73. The Hall–Kier alpha value is -1.24. The summed E-state index contributed by atoms with van der Waals surface area (Å²) >= 11 is 1.36. The highest BCUT2D eigenvalue weighted by molar-refractivity contribution is 8.00. The third-order valence-corrected chi connectivity index (χ3v) is 4.97. The van der Waals surface area contributed by atoms with E-state index in [4.69, 9.17) is 0 Å². The fourth-order valence-electron chi connectivity index (χ4n) is 2.51. The number of nitrogens with zero attached hydrogens (tertiary/aromatic N) is 3. The molecular formula is C14H24N4O2S. The molecule has 0 aliphatic carbocycles. The maximum atomic E-state index is 12.5. The molecule has 1 saturated heterocycles. The van der Waals surface area contributed by atoms with Crippen molar-refractivity contribution in [2.75, 3.05) is 13.1 Å². The summed E-state index contributed by atoms with van der Waals surface area (Å²) in [6, 6.07) is 0. The van der Waals surface area contributed by atoms with E-state index in [1.807, 2.05) is 18.7 Å². The standard InChI is InChI=1S/C14H24N4O2S/c1-4-7-18-13(20)15-16-14(18)21-11(3)12(19)17-8-5-10(2)6-9-17/h10-11H,4-9H2,1-3H3,(H,15,20)/t11-/m1/s1. The van der Waals surface area contributed by atoms with Gasteiger partial charge in [0.25, 0.3) is 0 Å². The molecule has 1 aliphatic rings. The number of carbonyl (C=O) groups is 1. The van der Waals surface area contributed by atoms with Gasteiger partial charge in [-0.3, -0.25) is 9.36 Å². The fraction of sp³-hybridized carbons (Fsp3) is 0.786. The summed E-state index contributed by atoms with van der Waals surface area (Å²) in [5.41, 5.74) is -0.203. The molecule has 7 heteroatoms. The van der Waals surface area contributed by atoms with E-state index in [1.54, 1.807) is 4.57 Å². The first-order chi connectivity index (χ1) is 10.0. The van der Waals surface area contributed by atoms with Gasteiger partial charge in [-0.15, -0.1) is 5.10 Å². The molecule has 0 unspecified atom stereocenters. The molecule has 0 spiro atoms. The Morgan fingerprint density at radius 2 is 2.14 bits per heavy atom. The summed E-state index contributed by atoms with van der Waals surface area (Å²) < 4.78 is 1.60. The first-order valence-electron chi connectivity index (χ1n) is 7.63. The fourth-order valence-corrected chi connectivity index (χ4v) is 3.47. The van der Waals surface area contributed by atoms with E-state index in [1.165, 1.54) is 11.8 Å². The summed E-state index contributed by atoms with van der Waals surface area (Å²) in [5, 5.41) is 6.88. The number of thioether (sulfide) groups is 1. The van der Waals surface area contributed by atoms with Crippen molar-refractivity contribution >= 4 is 17.7 Å². The second kappa shape index (κ2) is 7.15. The van der Waals surface area contributed by atoms with Crippen LogP contribution in [0.25, 0.3) is 0 Å². The van der Waals surface area contributed by atoms with E-state index < -0.39 is 0 Å². The van der Waals surface area contributed by atoms with Crippen molar-refractivity contribution in [2.45, 2.75) is 57.0 Å². The summed E-state index contributed by atoms with van der Waals surface area (Å²) in [4.78, 5) is 26.1. The van der Waals surface area contributed by atoms with Gasteiger partial charge in [0.1, 0.15) is 0 Å². The molecule has 2 rings (SSSR count). The number of likely N-dealkylation sites (tertiary alicyclic amines) is 1. The van der Waals surface area contributed by atoms with E-state index in [2.05, 4.69) is 17.1 Å². The van der Waals surface area contributed by atoms with E-state index in [0.717, 1.165) is 32.4 Å². The molecule has 118 valence electrons. The van der Waals surface area contributed by atoms with Crippen LogP contribution in [0.1, 0.15) is 40.0 Å². The van der Waals surface area contributed by atoms with Gasteiger partial charge in [0.05, 0.1) is 5.25 Å². The van der Waals surface area contributed by atoms with Crippen LogP contribution >= 0.6 is 11.8 Å². The van der Waals surface area contributed by atoms with Crippen molar-refractivity contribution in [3.8, 4) is 0 Å². The van der Waals surface area contributed by atoms with Crippen LogP contribution in [0.5, 0.6) is 0 Å². The highest BCUT2D eigenvalue weighted by Gasteiger charge is 2.26. The van der Waals surface area contributed by atoms with Crippen molar-refractivity contribution in [3.05, 3.63) is 10.5 Å². The Labute approximate surface area is 129 Å². The lowest BCUT2D eigenvalue weighted by molar-refractivity contribution is -0.131. The number of hydrogen-bond donors (Lipinski definition) is 1. The van der Waals surface area contributed by atoms with Gasteiger partial charge in [-0.2, -0.15) is 0 Å². The van der Waals surface area contributed by atoms with Crippen LogP contribution in [0, 0.1) is 5.92 Å². The van der Waals surface area contributed by atoms with Crippen LogP contribution in [0.15, 0.2) is 9.95 Å². The Morgan fingerprint density at radius 3 is 2.76 bits per heavy atom.